The van der Waals surface area contributed by atoms with Crippen LogP contribution in [0.2, 0.25) is 0 Å². The SMILES string of the molecule is CCNC(=NCc1ccnc(OC)c1)NCc1ccccc1OCC1CC1.I. The summed E-state index contributed by atoms with van der Waals surface area (Å²) in [6.45, 7) is 4.88. The van der Waals surface area contributed by atoms with Crippen molar-refractivity contribution >= 4 is 29.9 Å². The number of nitrogens with zero attached hydrogens (tertiary/aromatic N) is 2. The van der Waals surface area contributed by atoms with Crippen LogP contribution in [0.25, 0.3) is 0 Å². The molecule has 0 radical (unpaired) electrons. The lowest BCUT2D eigenvalue weighted by Crippen LogP contribution is -2.36. The number of methoxy groups -OCH3 is 1. The Hall–Kier alpha value is -2.03. The van der Waals surface area contributed by atoms with Crippen molar-refractivity contribution < 1.29 is 9.47 Å². The zero-order valence-electron chi connectivity index (χ0n) is 16.5. The number of para-hydroxylation sites is 1. The molecular weight excluding hydrogens is 467 g/mol. The maximum Gasteiger partial charge on any atom is 0.213 e. The van der Waals surface area contributed by atoms with Gasteiger partial charge in [0.05, 0.1) is 20.3 Å². The van der Waals surface area contributed by atoms with E-state index in [1.807, 2.05) is 30.3 Å². The number of hydrogen-bond donors (Lipinski definition) is 2. The first kappa shape index (κ1) is 22.3. The van der Waals surface area contributed by atoms with Gasteiger partial charge in [0.25, 0.3) is 0 Å². The van der Waals surface area contributed by atoms with Crippen LogP contribution in [0.15, 0.2) is 47.6 Å². The summed E-state index contributed by atoms with van der Waals surface area (Å²) in [5.74, 6) is 3.06. The molecule has 0 amide bonds. The molecule has 1 aromatic carbocycles. The molecule has 1 fully saturated rings. The highest BCUT2D eigenvalue weighted by Crippen LogP contribution is 2.30. The Morgan fingerprint density at radius 2 is 2.04 bits per heavy atom. The van der Waals surface area contributed by atoms with Crippen molar-refractivity contribution in [3.05, 3.63) is 53.7 Å². The number of aromatic nitrogens is 1. The van der Waals surface area contributed by atoms with Crippen LogP contribution in [0.4, 0.5) is 0 Å². The Kier molecular flexibility index (Phi) is 9.33. The summed E-state index contributed by atoms with van der Waals surface area (Å²) in [4.78, 5) is 8.78. The van der Waals surface area contributed by atoms with E-state index in [0.29, 0.717) is 19.0 Å². The van der Waals surface area contributed by atoms with Gasteiger partial charge in [-0.1, -0.05) is 18.2 Å². The lowest BCUT2D eigenvalue weighted by molar-refractivity contribution is 0.296. The third-order valence-electron chi connectivity index (χ3n) is 4.36. The van der Waals surface area contributed by atoms with E-state index in [1.54, 1.807) is 13.3 Å². The average Bonchev–Trinajstić information content (AvgIpc) is 3.54. The van der Waals surface area contributed by atoms with Gasteiger partial charge in [-0.25, -0.2) is 9.98 Å². The fourth-order valence-electron chi connectivity index (χ4n) is 2.63. The second-order valence-electron chi connectivity index (χ2n) is 6.62. The summed E-state index contributed by atoms with van der Waals surface area (Å²) in [5.41, 5.74) is 2.18. The highest BCUT2D eigenvalue weighted by atomic mass is 127. The molecule has 0 saturated heterocycles. The number of pyridine rings is 1. The Morgan fingerprint density at radius 1 is 1.21 bits per heavy atom. The smallest absolute Gasteiger partial charge is 0.213 e. The van der Waals surface area contributed by atoms with Gasteiger partial charge in [0.1, 0.15) is 5.75 Å². The van der Waals surface area contributed by atoms with Gasteiger partial charge < -0.3 is 20.1 Å². The summed E-state index contributed by atoms with van der Waals surface area (Å²) in [6.07, 6.45) is 4.31. The lowest BCUT2D eigenvalue weighted by atomic mass is 10.2. The number of hydrogen-bond acceptors (Lipinski definition) is 4. The fraction of sp³-hybridized carbons (Fsp3) is 0.429. The van der Waals surface area contributed by atoms with Gasteiger partial charge in [-0.3, -0.25) is 0 Å². The molecule has 3 rings (SSSR count). The summed E-state index contributed by atoms with van der Waals surface area (Å²) in [6, 6.07) is 12.0. The minimum absolute atomic E-state index is 0. The first-order valence-corrected chi connectivity index (χ1v) is 9.50. The number of guanidine groups is 1. The van der Waals surface area contributed by atoms with Crippen molar-refractivity contribution in [2.75, 3.05) is 20.3 Å². The van der Waals surface area contributed by atoms with Crippen LogP contribution >= 0.6 is 24.0 Å². The molecule has 28 heavy (non-hydrogen) atoms. The van der Waals surface area contributed by atoms with E-state index < -0.39 is 0 Å². The second-order valence-corrected chi connectivity index (χ2v) is 6.62. The van der Waals surface area contributed by atoms with Gasteiger partial charge in [-0.2, -0.15) is 0 Å². The minimum Gasteiger partial charge on any atom is -0.493 e. The topological polar surface area (TPSA) is 67.8 Å². The summed E-state index contributed by atoms with van der Waals surface area (Å²) < 4.78 is 11.2. The third-order valence-corrected chi connectivity index (χ3v) is 4.36. The number of benzene rings is 1. The minimum atomic E-state index is 0. The highest BCUT2D eigenvalue weighted by molar-refractivity contribution is 14.0. The Labute approximate surface area is 184 Å². The molecule has 0 bridgehead atoms. The molecule has 0 aliphatic heterocycles. The van der Waals surface area contributed by atoms with E-state index >= 15 is 0 Å². The molecule has 1 aliphatic carbocycles. The molecule has 7 heteroatoms. The quantitative estimate of drug-likeness (QED) is 0.315. The number of ether oxygens (including phenoxy) is 2. The van der Waals surface area contributed by atoms with Crippen LogP contribution in [-0.2, 0) is 13.1 Å². The molecule has 0 unspecified atom stereocenters. The first-order valence-electron chi connectivity index (χ1n) is 9.50. The first-order chi connectivity index (χ1) is 13.3. The van der Waals surface area contributed by atoms with E-state index in [2.05, 4.69) is 33.6 Å². The van der Waals surface area contributed by atoms with Crippen LogP contribution < -0.4 is 20.1 Å². The van der Waals surface area contributed by atoms with Gasteiger partial charge >= 0.3 is 0 Å². The Balaban J connectivity index is 0.00000280. The maximum absolute atomic E-state index is 5.99. The third kappa shape index (κ3) is 7.18. The highest BCUT2D eigenvalue weighted by Gasteiger charge is 2.22. The van der Waals surface area contributed by atoms with Crippen molar-refractivity contribution in [3.63, 3.8) is 0 Å². The number of rotatable bonds is 9. The molecular formula is C21H29IN4O2. The molecule has 1 heterocycles. The molecule has 152 valence electrons. The second kappa shape index (κ2) is 11.7. The van der Waals surface area contributed by atoms with Gasteiger partial charge in [0.15, 0.2) is 5.96 Å². The van der Waals surface area contributed by atoms with Crippen molar-refractivity contribution in [2.24, 2.45) is 10.9 Å². The van der Waals surface area contributed by atoms with Crippen LogP contribution in [0.3, 0.4) is 0 Å². The van der Waals surface area contributed by atoms with E-state index in [9.17, 15) is 0 Å². The van der Waals surface area contributed by atoms with E-state index in [1.165, 1.54) is 12.8 Å². The average molecular weight is 496 g/mol. The van der Waals surface area contributed by atoms with Gasteiger partial charge in [-0.05, 0) is 43.4 Å². The molecule has 2 N–H and O–H groups in total. The molecule has 2 aromatic rings. The van der Waals surface area contributed by atoms with E-state index in [4.69, 9.17) is 9.47 Å². The van der Waals surface area contributed by atoms with Gasteiger partial charge in [0.2, 0.25) is 5.88 Å². The zero-order chi connectivity index (χ0) is 18.9. The van der Waals surface area contributed by atoms with Crippen molar-refractivity contribution in [2.45, 2.75) is 32.9 Å². The van der Waals surface area contributed by atoms with Crippen molar-refractivity contribution in [1.82, 2.24) is 15.6 Å². The molecule has 1 aliphatic rings. The normalized spacial score (nSPS) is 13.4. The van der Waals surface area contributed by atoms with E-state index in [-0.39, 0.29) is 24.0 Å². The Bertz CT molecular complexity index is 766. The van der Waals surface area contributed by atoms with Crippen molar-refractivity contribution in [3.8, 4) is 11.6 Å². The van der Waals surface area contributed by atoms with Crippen LogP contribution in [0.5, 0.6) is 11.6 Å². The largest absolute Gasteiger partial charge is 0.493 e. The van der Waals surface area contributed by atoms with Crippen LogP contribution in [0.1, 0.15) is 30.9 Å². The zero-order valence-corrected chi connectivity index (χ0v) is 18.8. The standard InChI is InChI=1S/C21H28N4O2.HI/c1-3-22-21(24-13-17-10-11-23-20(12-17)26-2)25-14-18-6-4-5-7-19(18)27-15-16-8-9-16;/h4-7,10-12,16H,3,8-9,13-15H2,1-2H3,(H2,22,24,25);1H. The number of aliphatic imine (C=N–C) groups is 1. The predicted octanol–water partition coefficient (Wildman–Crippen LogP) is 3.75. The predicted molar refractivity (Wildman–Crippen MR) is 123 cm³/mol. The molecule has 6 nitrogen and oxygen atoms in total. The molecule has 1 saturated carbocycles. The monoisotopic (exact) mass is 496 g/mol. The van der Waals surface area contributed by atoms with Crippen LogP contribution in [0, 0.1) is 5.92 Å². The molecule has 0 atom stereocenters. The maximum atomic E-state index is 5.99. The lowest BCUT2D eigenvalue weighted by Gasteiger charge is -2.14. The van der Waals surface area contributed by atoms with Crippen molar-refractivity contribution in [1.29, 1.82) is 0 Å². The van der Waals surface area contributed by atoms with E-state index in [0.717, 1.165) is 41.9 Å². The number of nitrogens with one attached hydrogen (secondary N) is 2. The fourth-order valence-corrected chi connectivity index (χ4v) is 2.63. The molecule has 1 aromatic heterocycles. The summed E-state index contributed by atoms with van der Waals surface area (Å²) in [5, 5.41) is 6.67. The van der Waals surface area contributed by atoms with Gasteiger partial charge in [0, 0.05) is 30.9 Å². The summed E-state index contributed by atoms with van der Waals surface area (Å²) >= 11 is 0. The van der Waals surface area contributed by atoms with Gasteiger partial charge in [-0.15, -0.1) is 24.0 Å². The number of halogens is 1. The Morgan fingerprint density at radius 3 is 2.79 bits per heavy atom. The summed E-state index contributed by atoms with van der Waals surface area (Å²) in [7, 11) is 1.61. The van der Waals surface area contributed by atoms with Crippen LogP contribution in [-0.4, -0.2) is 31.2 Å². The molecule has 0 spiro atoms.